The van der Waals surface area contributed by atoms with Crippen LogP contribution in [-0.2, 0) is 0 Å². The van der Waals surface area contributed by atoms with E-state index in [1.807, 2.05) is 18.5 Å². The van der Waals surface area contributed by atoms with Crippen LogP contribution in [0.5, 0.6) is 0 Å². The van der Waals surface area contributed by atoms with Gasteiger partial charge in [0, 0.05) is 19.3 Å². The molecule has 1 aromatic heterocycles. The molecule has 1 aliphatic rings. The van der Waals surface area contributed by atoms with Gasteiger partial charge in [-0.3, -0.25) is 4.98 Å². The van der Waals surface area contributed by atoms with Gasteiger partial charge in [0.25, 0.3) is 0 Å². The molecule has 0 unspecified atom stereocenters. The second-order valence-electron chi connectivity index (χ2n) is 3.88. The van der Waals surface area contributed by atoms with Crippen molar-refractivity contribution in [3.05, 3.63) is 24.5 Å². The Morgan fingerprint density at radius 2 is 2.15 bits per heavy atom. The summed E-state index contributed by atoms with van der Waals surface area (Å²) in [6, 6.07) is 4.15. The topological polar surface area (TPSA) is 16.1 Å². The molecule has 0 saturated carbocycles. The molecule has 0 bridgehead atoms. The van der Waals surface area contributed by atoms with Crippen molar-refractivity contribution in [2.45, 2.75) is 19.8 Å². The molecule has 0 atom stereocenters. The summed E-state index contributed by atoms with van der Waals surface area (Å²) in [6.07, 6.45) is 6.41. The van der Waals surface area contributed by atoms with Crippen molar-refractivity contribution < 1.29 is 0 Å². The second kappa shape index (κ2) is 3.77. The van der Waals surface area contributed by atoms with E-state index in [1.165, 1.54) is 31.6 Å². The van der Waals surface area contributed by atoms with E-state index in [9.17, 15) is 0 Å². The highest BCUT2D eigenvalue weighted by molar-refractivity contribution is 5.43. The van der Waals surface area contributed by atoms with Crippen LogP contribution >= 0.6 is 0 Å². The van der Waals surface area contributed by atoms with Gasteiger partial charge in [0.1, 0.15) is 0 Å². The summed E-state index contributed by atoms with van der Waals surface area (Å²) in [6.45, 7) is 4.71. The van der Waals surface area contributed by atoms with Gasteiger partial charge in [0.15, 0.2) is 0 Å². The van der Waals surface area contributed by atoms with E-state index in [0.29, 0.717) is 0 Å². The fourth-order valence-corrected chi connectivity index (χ4v) is 1.81. The zero-order chi connectivity index (χ0) is 9.10. The third kappa shape index (κ3) is 2.00. The van der Waals surface area contributed by atoms with Crippen molar-refractivity contribution in [1.82, 2.24) is 4.98 Å². The maximum atomic E-state index is 4.14. The molecule has 2 heteroatoms. The molecule has 1 aliphatic heterocycles. The Bertz CT molecular complexity index is 250. The monoisotopic (exact) mass is 176 g/mol. The molecule has 1 saturated heterocycles. The maximum absolute atomic E-state index is 4.14. The van der Waals surface area contributed by atoms with Crippen LogP contribution in [0.2, 0.25) is 0 Å². The summed E-state index contributed by atoms with van der Waals surface area (Å²) in [5, 5.41) is 0. The third-order valence-corrected chi connectivity index (χ3v) is 2.79. The van der Waals surface area contributed by atoms with Crippen LogP contribution < -0.4 is 4.90 Å². The van der Waals surface area contributed by atoms with E-state index in [1.54, 1.807) is 0 Å². The predicted molar refractivity (Wildman–Crippen MR) is 54.8 cm³/mol. The second-order valence-corrected chi connectivity index (χ2v) is 3.88. The van der Waals surface area contributed by atoms with Gasteiger partial charge in [-0.15, -0.1) is 0 Å². The van der Waals surface area contributed by atoms with Crippen LogP contribution in [0.15, 0.2) is 24.5 Å². The Kier molecular flexibility index (Phi) is 2.48. The first-order valence-corrected chi connectivity index (χ1v) is 5.01. The third-order valence-electron chi connectivity index (χ3n) is 2.79. The quantitative estimate of drug-likeness (QED) is 0.652. The smallest absolute Gasteiger partial charge is 0.0552 e. The lowest BCUT2D eigenvalue weighted by Gasteiger charge is -2.31. The first-order valence-electron chi connectivity index (χ1n) is 5.01. The number of hydrogen-bond donors (Lipinski definition) is 0. The van der Waals surface area contributed by atoms with Gasteiger partial charge < -0.3 is 4.90 Å². The fraction of sp³-hybridized carbons (Fsp3) is 0.545. The number of hydrogen-bond acceptors (Lipinski definition) is 2. The molecule has 0 spiro atoms. The molecular weight excluding hydrogens is 160 g/mol. The minimum atomic E-state index is 0.896. The maximum Gasteiger partial charge on any atom is 0.0552 e. The normalized spacial score (nSPS) is 19.0. The summed E-state index contributed by atoms with van der Waals surface area (Å²) in [4.78, 5) is 6.56. The van der Waals surface area contributed by atoms with Crippen LogP contribution in [0.25, 0.3) is 0 Å². The number of nitrogens with zero attached hydrogens (tertiary/aromatic N) is 2. The molecule has 0 aliphatic carbocycles. The van der Waals surface area contributed by atoms with E-state index >= 15 is 0 Å². The summed E-state index contributed by atoms with van der Waals surface area (Å²) >= 11 is 0. The summed E-state index contributed by atoms with van der Waals surface area (Å²) < 4.78 is 0. The SMILES string of the molecule is CC1CCN(c2cccnc2)CC1. The Morgan fingerprint density at radius 3 is 2.77 bits per heavy atom. The van der Waals surface area contributed by atoms with Gasteiger partial charge in [-0.1, -0.05) is 6.92 Å². The molecule has 2 rings (SSSR count). The zero-order valence-electron chi connectivity index (χ0n) is 8.11. The molecular formula is C11H16N2. The van der Waals surface area contributed by atoms with Crippen molar-refractivity contribution in [2.24, 2.45) is 5.92 Å². The van der Waals surface area contributed by atoms with Crippen LogP contribution in [0.1, 0.15) is 19.8 Å². The van der Waals surface area contributed by atoms with E-state index < -0.39 is 0 Å². The molecule has 0 amide bonds. The van der Waals surface area contributed by atoms with Gasteiger partial charge in [0.05, 0.1) is 11.9 Å². The number of rotatable bonds is 1. The highest BCUT2D eigenvalue weighted by Crippen LogP contribution is 2.21. The minimum absolute atomic E-state index is 0.896. The van der Waals surface area contributed by atoms with Gasteiger partial charge in [-0.25, -0.2) is 0 Å². The van der Waals surface area contributed by atoms with Crippen LogP contribution in [-0.4, -0.2) is 18.1 Å². The molecule has 13 heavy (non-hydrogen) atoms. The van der Waals surface area contributed by atoms with Crippen molar-refractivity contribution in [3.63, 3.8) is 0 Å². The standard InChI is InChI=1S/C11H16N2/c1-10-4-7-13(8-5-10)11-3-2-6-12-9-11/h2-3,6,9-10H,4-5,7-8H2,1H3. The van der Waals surface area contributed by atoms with E-state index in [2.05, 4.69) is 22.9 Å². The van der Waals surface area contributed by atoms with Gasteiger partial charge in [-0.05, 0) is 30.9 Å². The van der Waals surface area contributed by atoms with Crippen molar-refractivity contribution in [3.8, 4) is 0 Å². The van der Waals surface area contributed by atoms with Crippen LogP contribution in [0.4, 0.5) is 5.69 Å². The Hall–Kier alpha value is -1.05. The molecule has 1 aromatic rings. The highest BCUT2D eigenvalue weighted by atomic mass is 15.1. The molecule has 2 heterocycles. The average molecular weight is 176 g/mol. The average Bonchev–Trinajstić information content (AvgIpc) is 2.20. The summed E-state index contributed by atoms with van der Waals surface area (Å²) in [7, 11) is 0. The zero-order valence-corrected chi connectivity index (χ0v) is 8.11. The largest absolute Gasteiger partial charge is 0.370 e. The fourth-order valence-electron chi connectivity index (χ4n) is 1.81. The first-order chi connectivity index (χ1) is 6.36. The lowest BCUT2D eigenvalue weighted by Crippen LogP contribution is -2.32. The number of piperidine rings is 1. The Labute approximate surface area is 79.6 Å². The summed E-state index contributed by atoms with van der Waals surface area (Å²) in [5.74, 6) is 0.896. The predicted octanol–water partition coefficient (Wildman–Crippen LogP) is 2.32. The molecule has 1 fully saturated rings. The lowest BCUT2D eigenvalue weighted by atomic mass is 9.99. The Morgan fingerprint density at radius 1 is 1.38 bits per heavy atom. The van der Waals surface area contributed by atoms with E-state index in [4.69, 9.17) is 0 Å². The van der Waals surface area contributed by atoms with Crippen molar-refractivity contribution in [1.29, 1.82) is 0 Å². The number of anilines is 1. The van der Waals surface area contributed by atoms with Crippen molar-refractivity contribution >= 4 is 5.69 Å². The van der Waals surface area contributed by atoms with E-state index in [-0.39, 0.29) is 0 Å². The number of pyridine rings is 1. The van der Waals surface area contributed by atoms with Crippen molar-refractivity contribution in [2.75, 3.05) is 18.0 Å². The van der Waals surface area contributed by atoms with Gasteiger partial charge in [0.2, 0.25) is 0 Å². The number of aromatic nitrogens is 1. The highest BCUT2D eigenvalue weighted by Gasteiger charge is 2.15. The molecule has 0 N–H and O–H groups in total. The van der Waals surface area contributed by atoms with Crippen LogP contribution in [0, 0.1) is 5.92 Å². The Balaban J connectivity index is 2.03. The van der Waals surface area contributed by atoms with Gasteiger partial charge in [-0.2, -0.15) is 0 Å². The minimum Gasteiger partial charge on any atom is -0.370 e. The van der Waals surface area contributed by atoms with Crippen LogP contribution in [0.3, 0.4) is 0 Å². The molecule has 0 radical (unpaired) electrons. The van der Waals surface area contributed by atoms with Gasteiger partial charge >= 0.3 is 0 Å². The lowest BCUT2D eigenvalue weighted by molar-refractivity contribution is 0.438. The molecule has 2 nitrogen and oxygen atoms in total. The molecule has 70 valence electrons. The van der Waals surface area contributed by atoms with E-state index in [0.717, 1.165) is 5.92 Å². The molecule has 0 aromatic carbocycles. The summed E-state index contributed by atoms with van der Waals surface area (Å²) in [5.41, 5.74) is 1.27. The first kappa shape index (κ1) is 8.54.